The Hall–Kier alpha value is -0.260. The molecule has 148 valence electrons. The van der Waals surface area contributed by atoms with Crippen molar-refractivity contribution in [2.45, 2.75) is 108 Å². The molecule has 5 unspecified atom stereocenters. The van der Waals surface area contributed by atoms with Crippen molar-refractivity contribution in [1.29, 1.82) is 0 Å². The van der Waals surface area contributed by atoms with Crippen molar-refractivity contribution in [3.8, 4) is 0 Å². The van der Waals surface area contributed by atoms with Crippen LogP contribution in [0.1, 0.15) is 108 Å². The second kappa shape index (κ2) is 9.09. The molecule has 0 heterocycles. The van der Waals surface area contributed by atoms with Crippen LogP contribution in [0.2, 0.25) is 0 Å². The Bertz CT molecular complexity index is 425. The Morgan fingerprint density at radius 1 is 1.00 bits per heavy atom. The van der Waals surface area contributed by atoms with E-state index >= 15 is 0 Å². The van der Waals surface area contributed by atoms with Gasteiger partial charge in [0.15, 0.2) is 0 Å². The smallest absolute Gasteiger partial charge is 0.0228 e. The summed E-state index contributed by atoms with van der Waals surface area (Å²) in [5.74, 6) is 3.98. The first-order valence-corrected chi connectivity index (χ1v) is 11.2. The van der Waals surface area contributed by atoms with E-state index in [1.165, 1.54) is 38.5 Å². The first-order chi connectivity index (χ1) is 11.5. The molecule has 0 saturated carbocycles. The topological polar surface area (TPSA) is 0 Å². The predicted octanol–water partition coefficient (Wildman–Crippen LogP) is 8.52. The maximum absolute atomic E-state index is 2.70. The van der Waals surface area contributed by atoms with E-state index in [-0.39, 0.29) is 0 Å². The second-order valence-electron chi connectivity index (χ2n) is 10.5. The van der Waals surface area contributed by atoms with Gasteiger partial charge in [-0.3, -0.25) is 0 Å². The molecule has 0 aliphatic heterocycles. The van der Waals surface area contributed by atoms with Gasteiger partial charge in [-0.1, -0.05) is 107 Å². The number of allylic oxidation sites excluding steroid dienone is 2. The third-order valence-electron chi connectivity index (χ3n) is 8.06. The molecule has 0 spiro atoms. The molecule has 0 heteroatoms. The van der Waals surface area contributed by atoms with Gasteiger partial charge in [-0.05, 0) is 53.3 Å². The fourth-order valence-corrected chi connectivity index (χ4v) is 5.35. The van der Waals surface area contributed by atoms with Crippen molar-refractivity contribution < 1.29 is 0 Å². The maximum Gasteiger partial charge on any atom is -0.0228 e. The van der Waals surface area contributed by atoms with Gasteiger partial charge < -0.3 is 0 Å². The molecule has 0 aromatic rings. The Balaban J connectivity index is 3.39. The van der Waals surface area contributed by atoms with E-state index in [2.05, 4.69) is 75.3 Å². The lowest BCUT2D eigenvalue weighted by Gasteiger charge is -2.50. The van der Waals surface area contributed by atoms with E-state index in [1.807, 2.05) is 0 Å². The molecule has 0 aromatic heterocycles. The summed E-state index contributed by atoms with van der Waals surface area (Å²) in [6.45, 7) is 24.7. The zero-order valence-corrected chi connectivity index (χ0v) is 19.2. The molecular formula is C25H48. The summed E-state index contributed by atoms with van der Waals surface area (Å²) in [5, 5.41) is 0. The van der Waals surface area contributed by atoms with E-state index in [1.54, 1.807) is 5.57 Å². The molecule has 0 N–H and O–H groups in total. The van der Waals surface area contributed by atoms with Crippen molar-refractivity contribution in [3.05, 3.63) is 11.6 Å². The zero-order valence-electron chi connectivity index (χ0n) is 19.2. The summed E-state index contributed by atoms with van der Waals surface area (Å²) < 4.78 is 0. The molecule has 0 nitrogen and oxygen atoms in total. The highest BCUT2D eigenvalue weighted by Gasteiger charge is 2.47. The van der Waals surface area contributed by atoms with Gasteiger partial charge in [0.25, 0.3) is 0 Å². The third-order valence-corrected chi connectivity index (χ3v) is 8.06. The molecule has 5 atom stereocenters. The lowest BCUT2D eigenvalue weighted by molar-refractivity contribution is -0.00587. The average molecular weight is 349 g/mol. The summed E-state index contributed by atoms with van der Waals surface area (Å²) in [7, 11) is 0. The molecule has 1 aliphatic carbocycles. The SMILES string of the molecule is CCC(C)CC1=CC(C)C(CC)C(C(C)(C)CC)C(C(C)(C)CC)C1. The van der Waals surface area contributed by atoms with Crippen LogP contribution in [0.25, 0.3) is 0 Å². The van der Waals surface area contributed by atoms with Gasteiger partial charge in [0.2, 0.25) is 0 Å². The van der Waals surface area contributed by atoms with Crippen molar-refractivity contribution in [1.82, 2.24) is 0 Å². The minimum Gasteiger partial charge on any atom is -0.0822 e. The molecule has 0 bridgehead atoms. The van der Waals surface area contributed by atoms with Gasteiger partial charge >= 0.3 is 0 Å². The molecule has 0 saturated heterocycles. The summed E-state index contributed by atoms with van der Waals surface area (Å²) in [6.07, 6.45) is 10.5. The number of hydrogen-bond acceptors (Lipinski definition) is 0. The molecule has 0 amide bonds. The van der Waals surface area contributed by atoms with E-state index in [0.717, 1.165) is 29.6 Å². The second-order valence-corrected chi connectivity index (χ2v) is 10.5. The van der Waals surface area contributed by atoms with Crippen LogP contribution in [0.4, 0.5) is 0 Å². The molecule has 1 aliphatic rings. The highest BCUT2D eigenvalue weighted by atomic mass is 14.5. The Labute approximate surface area is 160 Å². The fourth-order valence-electron chi connectivity index (χ4n) is 5.35. The van der Waals surface area contributed by atoms with E-state index < -0.39 is 0 Å². The van der Waals surface area contributed by atoms with Crippen LogP contribution in [0.15, 0.2) is 11.6 Å². The molecule has 0 radical (unpaired) electrons. The highest BCUT2D eigenvalue weighted by molar-refractivity contribution is 5.13. The number of rotatable bonds is 8. The van der Waals surface area contributed by atoms with Crippen LogP contribution < -0.4 is 0 Å². The van der Waals surface area contributed by atoms with Crippen LogP contribution in [0.5, 0.6) is 0 Å². The van der Waals surface area contributed by atoms with Crippen LogP contribution in [0, 0.1) is 40.4 Å². The largest absolute Gasteiger partial charge is 0.0822 e. The fraction of sp³-hybridized carbons (Fsp3) is 0.920. The van der Waals surface area contributed by atoms with E-state index in [4.69, 9.17) is 0 Å². The Kier molecular flexibility index (Phi) is 8.29. The summed E-state index contributed by atoms with van der Waals surface area (Å²) in [6, 6.07) is 0. The Morgan fingerprint density at radius 3 is 2.00 bits per heavy atom. The van der Waals surface area contributed by atoms with Gasteiger partial charge in [0.05, 0.1) is 0 Å². The van der Waals surface area contributed by atoms with Gasteiger partial charge in [-0.2, -0.15) is 0 Å². The van der Waals surface area contributed by atoms with Gasteiger partial charge in [0, 0.05) is 0 Å². The monoisotopic (exact) mass is 348 g/mol. The molecule has 0 fully saturated rings. The lowest BCUT2D eigenvalue weighted by Crippen LogP contribution is -2.43. The van der Waals surface area contributed by atoms with Gasteiger partial charge in [-0.15, -0.1) is 0 Å². The van der Waals surface area contributed by atoms with E-state index in [9.17, 15) is 0 Å². The van der Waals surface area contributed by atoms with Gasteiger partial charge in [-0.25, -0.2) is 0 Å². The third kappa shape index (κ3) is 5.36. The summed E-state index contributed by atoms with van der Waals surface area (Å²) in [4.78, 5) is 0. The minimum atomic E-state index is 0.420. The lowest BCUT2D eigenvalue weighted by atomic mass is 9.55. The maximum atomic E-state index is 2.70. The molecular weight excluding hydrogens is 300 g/mol. The minimum absolute atomic E-state index is 0.420. The van der Waals surface area contributed by atoms with Crippen LogP contribution in [0.3, 0.4) is 0 Å². The van der Waals surface area contributed by atoms with Crippen molar-refractivity contribution in [2.24, 2.45) is 40.4 Å². The van der Waals surface area contributed by atoms with Crippen LogP contribution in [-0.2, 0) is 0 Å². The number of hydrogen-bond donors (Lipinski definition) is 0. The Morgan fingerprint density at radius 2 is 1.56 bits per heavy atom. The van der Waals surface area contributed by atoms with E-state index in [0.29, 0.717) is 10.8 Å². The van der Waals surface area contributed by atoms with Crippen molar-refractivity contribution >= 4 is 0 Å². The zero-order chi connectivity index (χ0) is 19.4. The van der Waals surface area contributed by atoms with Gasteiger partial charge in [0.1, 0.15) is 0 Å². The van der Waals surface area contributed by atoms with Crippen LogP contribution >= 0.6 is 0 Å². The molecule has 0 aromatic carbocycles. The van der Waals surface area contributed by atoms with Crippen molar-refractivity contribution in [2.75, 3.05) is 0 Å². The molecule has 1 rings (SSSR count). The average Bonchev–Trinajstić information content (AvgIpc) is 2.71. The summed E-state index contributed by atoms with van der Waals surface area (Å²) in [5.41, 5.74) is 2.61. The normalized spacial score (nSPS) is 29.9. The first kappa shape index (κ1) is 22.8. The quantitative estimate of drug-likeness (QED) is 0.385. The molecule has 25 heavy (non-hydrogen) atoms. The summed E-state index contributed by atoms with van der Waals surface area (Å²) >= 11 is 0. The van der Waals surface area contributed by atoms with Crippen LogP contribution in [-0.4, -0.2) is 0 Å². The first-order valence-electron chi connectivity index (χ1n) is 11.2. The predicted molar refractivity (Wildman–Crippen MR) is 115 cm³/mol. The van der Waals surface area contributed by atoms with Crippen molar-refractivity contribution in [3.63, 3.8) is 0 Å². The highest BCUT2D eigenvalue weighted by Crippen LogP contribution is 2.55. The standard InChI is InChI=1S/C25H48/c1-11-18(5)15-20-16-19(6)21(12-2)23(25(9,10)14-4)22(17-20)24(7,8)13-3/h16,18-19,21-23H,11-15,17H2,1-10H3.